The topological polar surface area (TPSA) is 97.2 Å². The molecule has 1 aliphatic rings. The Morgan fingerprint density at radius 3 is 2.77 bits per heavy atom. The zero-order chi connectivity index (χ0) is 21.1. The van der Waals surface area contributed by atoms with Crippen LogP contribution in [0.2, 0.25) is 0 Å². The average Bonchev–Trinajstić information content (AvgIpc) is 3.12. The van der Waals surface area contributed by atoms with Gasteiger partial charge in [0, 0.05) is 32.0 Å². The normalized spacial score (nSPS) is 14.1. The van der Waals surface area contributed by atoms with Crippen molar-refractivity contribution in [3.05, 3.63) is 57.2 Å². The molecule has 156 valence electrons. The van der Waals surface area contributed by atoms with Crippen molar-refractivity contribution in [1.82, 2.24) is 24.8 Å². The lowest BCUT2D eigenvalue weighted by Gasteiger charge is -2.26. The number of rotatable bonds is 5. The van der Waals surface area contributed by atoms with E-state index >= 15 is 0 Å². The van der Waals surface area contributed by atoms with Gasteiger partial charge in [-0.25, -0.2) is 4.98 Å². The molecule has 8 nitrogen and oxygen atoms in total. The molecule has 0 spiro atoms. The maximum absolute atomic E-state index is 13.0. The summed E-state index contributed by atoms with van der Waals surface area (Å²) in [6.07, 6.45) is 7.90. The van der Waals surface area contributed by atoms with Crippen LogP contribution in [0.5, 0.6) is 0 Å². The molecule has 2 amide bonds. The van der Waals surface area contributed by atoms with Gasteiger partial charge in [-0.3, -0.25) is 23.9 Å². The summed E-state index contributed by atoms with van der Waals surface area (Å²) in [6, 6.07) is 3.69. The number of pyridine rings is 1. The summed E-state index contributed by atoms with van der Waals surface area (Å²) in [7, 11) is 0. The summed E-state index contributed by atoms with van der Waals surface area (Å²) >= 11 is 1.19. The van der Waals surface area contributed by atoms with E-state index in [2.05, 4.69) is 15.3 Å². The number of aromatic nitrogens is 3. The van der Waals surface area contributed by atoms with Crippen LogP contribution in [0.15, 0.2) is 35.6 Å². The van der Waals surface area contributed by atoms with E-state index in [9.17, 15) is 14.4 Å². The van der Waals surface area contributed by atoms with Gasteiger partial charge in [0.2, 0.25) is 5.91 Å². The van der Waals surface area contributed by atoms with Crippen LogP contribution in [0.1, 0.15) is 40.1 Å². The number of piperidine rings is 1. The molecule has 4 heterocycles. The first-order valence-electron chi connectivity index (χ1n) is 9.98. The van der Waals surface area contributed by atoms with Gasteiger partial charge in [0.25, 0.3) is 11.5 Å². The maximum atomic E-state index is 13.0. The molecule has 30 heavy (non-hydrogen) atoms. The Balaban J connectivity index is 1.54. The molecule has 1 aliphatic heterocycles. The highest BCUT2D eigenvalue weighted by Gasteiger charge is 2.21. The van der Waals surface area contributed by atoms with Crippen LogP contribution in [0.25, 0.3) is 10.2 Å². The number of nitrogens with zero attached hydrogens (tertiary/aromatic N) is 4. The molecule has 1 saturated heterocycles. The van der Waals surface area contributed by atoms with E-state index in [-0.39, 0.29) is 23.9 Å². The van der Waals surface area contributed by atoms with Crippen LogP contribution in [0.3, 0.4) is 0 Å². The zero-order valence-corrected chi connectivity index (χ0v) is 17.6. The zero-order valence-electron chi connectivity index (χ0n) is 16.8. The quantitative estimate of drug-likeness (QED) is 0.675. The van der Waals surface area contributed by atoms with Gasteiger partial charge in [-0.2, -0.15) is 0 Å². The maximum Gasteiger partial charge on any atom is 0.262 e. The predicted molar refractivity (Wildman–Crippen MR) is 114 cm³/mol. The monoisotopic (exact) mass is 425 g/mol. The summed E-state index contributed by atoms with van der Waals surface area (Å²) in [6.45, 7) is 3.55. The molecule has 3 aromatic rings. The summed E-state index contributed by atoms with van der Waals surface area (Å²) in [4.78, 5) is 49.4. The first-order chi connectivity index (χ1) is 14.5. The minimum Gasteiger partial charge on any atom is -0.347 e. The molecule has 0 saturated carbocycles. The minimum atomic E-state index is -0.287. The van der Waals surface area contributed by atoms with Gasteiger partial charge in [0.05, 0.1) is 16.6 Å². The Morgan fingerprint density at radius 2 is 2.03 bits per heavy atom. The van der Waals surface area contributed by atoms with Crippen molar-refractivity contribution in [2.45, 2.75) is 39.3 Å². The van der Waals surface area contributed by atoms with E-state index < -0.39 is 0 Å². The first kappa shape index (κ1) is 20.2. The lowest BCUT2D eigenvalue weighted by molar-refractivity contribution is -0.132. The van der Waals surface area contributed by atoms with Gasteiger partial charge in [-0.1, -0.05) is 6.07 Å². The van der Waals surface area contributed by atoms with Gasteiger partial charge in [-0.15, -0.1) is 11.3 Å². The third kappa shape index (κ3) is 4.11. The molecule has 1 fully saturated rings. The molecule has 0 aromatic carbocycles. The van der Waals surface area contributed by atoms with Crippen molar-refractivity contribution >= 4 is 33.4 Å². The smallest absolute Gasteiger partial charge is 0.262 e. The fraction of sp³-hybridized carbons (Fsp3) is 0.381. The number of fused-ring (bicyclic) bond motifs is 1. The Morgan fingerprint density at radius 1 is 1.23 bits per heavy atom. The van der Waals surface area contributed by atoms with Gasteiger partial charge < -0.3 is 10.2 Å². The van der Waals surface area contributed by atoms with Crippen LogP contribution in [0.4, 0.5) is 0 Å². The molecule has 0 unspecified atom stereocenters. The van der Waals surface area contributed by atoms with E-state index in [1.165, 1.54) is 22.2 Å². The highest BCUT2D eigenvalue weighted by atomic mass is 32.1. The number of nitrogens with one attached hydrogen (secondary N) is 1. The lowest BCUT2D eigenvalue weighted by atomic mass is 10.1. The number of hydrogen-bond acceptors (Lipinski definition) is 6. The SMILES string of the molecule is Cc1c(C(=O)NCc2cccnc2)sc2ncn(CC(=O)N3CCCCC3)c(=O)c12. The number of amides is 2. The van der Waals surface area contributed by atoms with Crippen molar-refractivity contribution < 1.29 is 9.59 Å². The predicted octanol–water partition coefficient (Wildman–Crippen LogP) is 2.10. The third-order valence-corrected chi connectivity index (χ3v) is 6.51. The van der Waals surface area contributed by atoms with Crippen LogP contribution >= 0.6 is 11.3 Å². The second-order valence-corrected chi connectivity index (χ2v) is 8.40. The van der Waals surface area contributed by atoms with Crippen molar-refractivity contribution in [1.29, 1.82) is 0 Å². The highest BCUT2D eigenvalue weighted by Crippen LogP contribution is 2.26. The van der Waals surface area contributed by atoms with E-state index in [1.54, 1.807) is 24.2 Å². The van der Waals surface area contributed by atoms with Gasteiger partial charge in [0.1, 0.15) is 11.4 Å². The van der Waals surface area contributed by atoms with Crippen molar-refractivity contribution in [3.63, 3.8) is 0 Å². The van der Waals surface area contributed by atoms with Crippen molar-refractivity contribution in [3.8, 4) is 0 Å². The van der Waals surface area contributed by atoms with E-state index in [0.29, 0.717) is 27.2 Å². The number of hydrogen-bond donors (Lipinski definition) is 1. The highest BCUT2D eigenvalue weighted by molar-refractivity contribution is 7.20. The van der Waals surface area contributed by atoms with Crippen molar-refractivity contribution in [2.24, 2.45) is 0 Å². The first-order valence-corrected chi connectivity index (χ1v) is 10.8. The van der Waals surface area contributed by atoms with Crippen LogP contribution in [0, 0.1) is 6.92 Å². The number of carbonyl (C=O) groups is 2. The van der Waals surface area contributed by atoms with Gasteiger partial charge >= 0.3 is 0 Å². The van der Waals surface area contributed by atoms with E-state index in [1.807, 2.05) is 12.1 Å². The van der Waals surface area contributed by atoms with Gasteiger partial charge in [0.15, 0.2) is 0 Å². The molecular weight excluding hydrogens is 402 g/mol. The minimum absolute atomic E-state index is 0.0282. The standard InChI is InChI=1S/C21H23N5O3S/c1-14-17-20(30-18(14)19(28)23-11-15-6-5-7-22-10-15)24-13-26(21(17)29)12-16(27)25-8-3-2-4-9-25/h5-7,10,13H,2-4,8-9,11-12H2,1H3,(H,23,28). The Labute approximate surface area is 177 Å². The Bertz CT molecular complexity index is 1130. The lowest BCUT2D eigenvalue weighted by Crippen LogP contribution is -2.39. The average molecular weight is 426 g/mol. The number of thiophene rings is 1. The molecule has 1 N–H and O–H groups in total. The summed E-state index contributed by atoms with van der Waals surface area (Å²) in [5.74, 6) is -0.324. The van der Waals surface area contributed by atoms with Crippen molar-refractivity contribution in [2.75, 3.05) is 13.1 Å². The van der Waals surface area contributed by atoms with Crippen LogP contribution < -0.4 is 10.9 Å². The fourth-order valence-electron chi connectivity index (χ4n) is 3.64. The number of aryl methyl sites for hydroxylation is 1. The molecule has 0 radical (unpaired) electrons. The Kier molecular flexibility index (Phi) is 5.89. The largest absolute Gasteiger partial charge is 0.347 e. The van der Waals surface area contributed by atoms with E-state index in [4.69, 9.17) is 0 Å². The molecule has 0 aliphatic carbocycles. The third-order valence-electron chi connectivity index (χ3n) is 5.31. The van der Waals surface area contributed by atoms with Crippen LogP contribution in [-0.2, 0) is 17.9 Å². The second-order valence-electron chi connectivity index (χ2n) is 7.40. The molecular formula is C21H23N5O3S. The number of carbonyl (C=O) groups excluding carboxylic acids is 2. The Hall–Kier alpha value is -3.07. The van der Waals surface area contributed by atoms with Gasteiger partial charge in [-0.05, 0) is 43.4 Å². The molecule has 0 bridgehead atoms. The summed E-state index contributed by atoms with van der Waals surface area (Å²) in [5, 5.41) is 3.26. The number of likely N-dealkylation sites (tertiary alicyclic amines) is 1. The summed E-state index contributed by atoms with van der Waals surface area (Å²) in [5.41, 5.74) is 1.20. The second kappa shape index (κ2) is 8.74. The molecule has 3 aromatic heterocycles. The fourth-order valence-corrected chi connectivity index (χ4v) is 4.70. The van der Waals surface area contributed by atoms with Crippen LogP contribution in [-0.4, -0.2) is 44.3 Å². The molecule has 4 rings (SSSR count). The molecule has 9 heteroatoms. The summed E-state index contributed by atoms with van der Waals surface area (Å²) < 4.78 is 1.34. The molecule has 0 atom stereocenters. The van der Waals surface area contributed by atoms with E-state index in [0.717, 1.165) is 37.9 Å².